The molecular formula is C47H43N3O8S. The lowest BCUT2D eigenvalue weighted by molar-refractivity contribution is -0.154. The summed E-state index contributed by atoms with van der Waals surface area (Å²) >= 11 is 1.33. The highest BCUT2D eigenvalue weighted by Crippen LogP contribution is 2.41. The fourth-order valence-electron chi connectivity index (χ4n) is 7.12. The highest BCUT2D eigenvalue weighted by Gasteiger charge is 2.54. The second-order valence-corrected chi connectivity index (χ2v) is 15.2. The molecule has 0 aromatic heterocycles. The predicted molar refractivity (Wildman–Crippen MR) is 222 cm³/mol. The number of esters is 2. The standard InChI is InChI=1S/C47H43N3O8S/c51-29-36-30-59-45-39(44(54)50(45)40(36)47(56)58-42(33-21-10-3-11-22-33)34-23-12-4-13-24-34)49-38(52)28-16-27-37(48-43(53)35-25-14-5-15-26-35)46(55)57-41(31-17-6-1-7-18-31)32-19-8-2-9-20-32/h1-15,17-26,37,39,41-42,45,51H,16,27-30H2,(H,48,53)(H,49,52). The third-order valence-electron chi connectivity index (χ3n) is 10.1. The van der Waals surface area contributed by atoms with E-state index in [1.165, 1.54) is 16.7 Å². The van der Waals surface area contributed by atoms with Crippen molar-refractivity contribution in [3.8, 4) is 0 Å². The molecule has 2 heterocycles. The number of benzene rings is 5. The number of amides is 3. The van der Waals surface area contributed by atoms with Crippen LogP contribution >= 0.6 is 11.8 Å². The quantitative estimate of drug-likeness (QED) is 0.0775. The Labute approximate surface area is 346 Å². The summed E-state index contributed by atoms with van der Waals surface area (Å²) < 4.78 is 12.2. The normalized spacial score (nSPS) is 16.5. The Kier molecular flexibility index (Phi) is 13.3. The van der Waals surface area contributed by atoms with Crippen LogP contribution in [0.5, 0.6) is 0 Å². The van der Waals surface area contributed by atoms with Gasteiger partial charge in [0, 0.05) is 17.7 Å². The van der Waals surface area contributed by atoms with Gasteiger partial charge in [-0.2, -0.15) is 0 Å². The van der Waals surface area contributed by atoms with Crippen molar-refractivity contribution in [2.45, 2.75) is 48.9 Å². The van der Waals surface area contributed by atoms with E-state index >= 15 is 0 Å². The fraction of sp³-hybridized carbons (Fsp3) is 0.213. The zero-order valence-electron chi connectivity index (χ0n) is 32.0. The van der Waals surface area contributed by atoms with Gasteiger partial charge < -0.3 is 25.2 Å². The van der Waals surface area contributed by atoms with Crippen molar-refractivity contribution in [3.63, 3.8) is 0 Å². The third-order valence-corrected chi connectivity index (χ3v) is 11.5. The number of thioether (sulfide) groups is 1. The minimum absolute atomic E-state index is 0.0246. The van der Waals surface area contributed by atoms with E-state index in [1.54, 1.807) is 30.3 Å². The average Bonchev–Trinajstić information content (AvgIpc) is 3.29. The summed E-state index contributed by atoms with van der Waals surface area (Å²) in [6, 6.07) is 43.6. The first kappa shape index (κ1) is 40.7. The first-order valence-corrected chi connectivity index (χ1v) is 20.4. The van der Waals surface area contributed by atoms with Crippen LogP contribution in [0.1, 0.15) is 64.1 Å². The van der Waals surface area contributed by atoms with Crippen LogP contribution in [-0.4, -0.2) is 69.5 Å². The molecule has 2 aliphatic rings. The monoisotopic (exact) mass is 809 g/mol. The van der Waals surface area contributed by atoms with Crippen LogP contribution in [0.25, 0.3) is 0 Å². The van der Waals surface area contributed by atoms with Crippen LogP contribution in [0.15, 0.2) is 163 Å². The van der Waals surface area contributed by atoms with E-state index in [4.69, 9.17) is 9.47 Å². The van der Waals surface area contributed by atoms with Crippen molar-refractivity contribution < 1.29 is 38.6 Å². The molecule has 5 aromatic carbocycles. The molecule has 0 radical (unpaired) electrons. The molecule has 3 atom stereocenters. The topological polar surface area (TPSA) is 151 Å². The molecular weight excluding hydrogens is 767 g/mol. The number of ether oxygens (including phenoxy) is 2. The van der Waals surface area contributed by atoms with Gasteiger partial charge in [0.05, 0.1) is 6.61 Å². The zero-order chi connectivity index (χ0) is 41.1. The van der Waals surface area contributed by atoms with Gasteiger partial charge in [0.15, 0.2) is 12.2 Å². The number of nitrogens with zero attached hydrogens (tertiary/aromatic N) is 1. The van der Waals surface area contributed by atoms with Crippen molar-refractivity contribution in [1.82, 2.24) is 15.5 Å². The highest BCUT2D eigenvalue weighted by molar-refractivity contribution is 8.00. The highest BCUT2D eigenvalue weighted by atomic mass is 32.2. The summed E-state index contributed by atoms with van der Waals surface area (Å²) in [5, 5.41) is 15.2. The number of aliphatic hydroxyl groups is 1. The van der Waals surface area contributed by atoms with Crippen LogP contribution in [-0.2, 0) is 28.7 Å². The van der Waals surface area contributed by atoms with Gasteiger partial charge in [-0.05, 0) is 52.8 Å². The first-order valence-electron chi connectivity index (χ1n) is 19.4. The Morgan fingerprint density at radius 1 is 0.695 bits per heavy atom. The molecule has 3 amide bonds. The molecule has 5 aromatic rings. The molecule has 3 N–H and O–H groups in total. The Morgan fingerprint density at radius 3 is 1.66 bits per heavy atom. The lowest BCUT2D eigenvalue weighted by Gasteiger charge is -2.49. The van der Waals surface area contributed by atoms with Crippen LogP contribution < -0.4 is 10.6 Å². The van der Waals surface area contributed by atoms with Crippen LogP contribution in [0, 0.1) is 0 Å². The lowest BCUT2D eigenvalue weighted by Crippen LogP contribution is -2.70. The maximum atomic E-state index is 13.9. The number of nitrogens with one attached hydrogen (secondary N) is 2. The molecule has 1 fully saturated rings. The van der Waals surface area contributed by atoms with Gasteiger partial charge in [0.1, 0.15) is 23.2 Å². The zero-order valence-corrected chi connectivity index (χ0v) is 32.8. The molecule has 300 valence electrons. The van der Waals surface area contributed by atoms with E-state index < -0.39 is 65.9 Å². The van der Waals surface area contributed by atoms with Crippen molar-refractivity contribution in [2.24, 2.45) is 0 Å². The summed E-state index contributed by atoms with van der Waals surface area (Å²) in [6.45, 7) is -0.450. The van der Waals surface area contributed by atoms with E-state index in [2.05, 4.69) is 10.6 Å². The molecule has 7 rings (SSSR count). The molecule has 0 spiro atoms. The van der Waals surface area contributed by atoms with Crippen LogP contribution in [0.2, 0.25) is 0 Å². The summed E-state index contributed by atoms with van der Waals surface area (Å²) in [7, 11) is 0. The second-order valence-electron chi connectivity index (χ2n) is 14.1. The number of carbonyl (C=O) groups is 5. The minimum Gasteiger partial charge on any atom is -0.451 e. The van der Waals surface area contributed by atoms with E-state index in [1.807, 2.05) is 121 Å². The summed E-state index contributed by atoms with van der Waals surface area (Å²) in [5.74, 6) is -2.58. The Balaban J connectivity index is 1.01. The summed E-state index contributed by atoms with van der Waals surface area (Å²) in [6.07, 6.45) is -1.31. The van der Waals surface area contributed by atoms with Gasteiger partial charge in [-0.25, -0.2) is 9.59 Å². The molecule has 0 saturated carbocycles. The maximum absolute atomic E-state index is 13.9. The Morgan fingerprint density at radius 2 is 1.17 bits per heavy atom. The number of carbonyl (C=O) groups excluding carboxylic acids is 5. The number of hydrogen-bond acceptors (Lipinski definition) is 9. The smallest absolute Gasteiger partial charge is 0.356 e. The largest absolute Gasteiger partial charge is 0.451 e. The van der Waals surface area contributed by atoms with Gasteiger partial charge >= 0.3 is 11.9 Å². The van der Waals surface area contributed by atoms with E-state index in [0.29, 0.717) is 11.1 Å². The van der Waals surface area contributed by atoms with Crippen molar-refractivity contribution >= 4 is 41.4 Å². The minimum atomic E-state index is -1.09. The SMILES string of the molecule is O=C(CCCC(NC(=O)c1ccccc1)C(=O)OC(c1ccccc1)c1ccccc1)NC1C(=O)N2C(C(=O)OC(c3ccccc3)c3ccccc3)=C(CO)CSC12. The summed E-state index contributed by atoms with van der Waals surface area (Å²) in [5.41, 5.74) is 3.67. The fourth-order valence-corrected chi connectivity index (χ4v) is 8.45. The molecule has 0 aliphatic carbocycles. The molecule has 0 bridgehead atoms. The van der Waals surface area contributed by atoms with Crippen molar-refractivity contribution in [2.75, 3.05) is 12.4 Å². The first-order chi connectivity index (χ1) is 28.8. The molecule has 11 nitrogen and oxygen atoms in total. The van der Waals surface area contributed by atoms with Crippen LogP contribution in [0.4, 0.5) is 0 Å². The van der Waals surface area contributed by atoms with Gasteiger partial charge in [0.2, 0.25) is 5.91 Å². The summed E-state index contributed by atoms with van der Waals surface area (Å²) in [4.78, 5) is 69.4. The van der Waals surface area contributed by atoms with Crippen molar-refractivity contribution in [3.05, 3.63) is 191 Å². The van der Waals surface area contributed by atoms with Gasteiger partial charge in [0.25, 0.3) is 11.8 Å². The lowest BCUT2D eigenvalue weighted by atomic mass is 10.0. The van der Waals surface area contributed by atoms with E-state index in [0.717, 1.165) is 22.3 Å². The van der Waals surface area contributed by atoms with Gasteiger partial charge in [-0.15, -0.1) is 11.8 Å². The second kappa shape index (κ2) is 19.3. The molecule has 12 heteroatoms. The number of rotatable bonds is 16. The van der Waals surface area contributed by atoms with Gasteiger partial charge in [-0.3, -0.25) is 19.3 Å². The predicted octanol–water partition coefficient (Wildman–Crippen LogP) is 6.27. The van der Waals surface area contributed by atoms with E-state index in [-0.39, 0.29) is 30.7 Å². The van der Waals surface area contributed by atoms with Gasteiger partial charge in [-0.1, -0.05) is 140 Å². The maximum Gasteiger partial charge on any atom is 0.356 e. The molecule has 3 unspecified atom stereocenters. The van der Waals surface area contributed by atoms with Crippen molar-refractivity contribution in [1.29, 1.82) is 0 Å². The number of aliphatic hydroxyl groups excluding tert-OH is 1. The number of β-lactam (4-membered cyclic amide) rings is 1. The Hall–Kier alpha value is -6.50. The number of fused-ring (bicyclic) bond motifs is 1. The van der Waals surface area contributed by atoms with Crippen LogP contribution in [0.3, 0.4) is 0 Å². The molecule has 59 heavy (non-hydrogen) atoms. The Bertz CT molecular complexity index is 2200. The molecule has 1 saturated heterocycles. The van der Waals surface area contributed by atoms with E-state index in [9.17, 15) is 29.1 Å². The average molecular weight is 810 g/mol. The third kappa shape index (κ3) is 9.63. The number of hydrogen-bond donors (Lipinski definition) is 3. The molecule has 2 aliphatic heterocycles.